The number of rotatable bonds is 4. The van der Waals surface area contributed by atoms with Gasteiger partial charge in [-0.25, -0.2) is 9.19 Å². The molecule has 4 rings (SSSR count). The highest BCUT2D eigenvalue weighted by atomic mass is 32.2. The molecule has 156 valence electrons. The van der Waals surface area contributed by atoms with E-state index in [4.69, 9.17) is 4.98 Å². The maximum absolute atomic E-state index is 13.1. The van der Waals surface area contributed by atoms with E-state index in [9.17, 15) is 9.42 Å². The van der Waals surface area contributed by atoms with Gasteiger partial charge in [0.25, 0.3) is 0 Å². The molecule has 2 aliphatic rings. The average molecular weight is 416 g/mol. The van der Waals surface area contributed by atoms with Crippen LogP contribution in [0.5, 0.6) is 0 Å². The smallest absolute Gasteiger partial charge is 0.182 e. The SMILES string of the molecule is CC1=C(S(=O)c2ccc3c(c2)nc(C(C)(C)C)n3CC2CCCCC2)C=N[NH+]1O. The summed E-state index contributed by atoms with van der Waals surface area (Å²) in [6, 6.07) is 5.91. The number of hydrogen-bond donors (Lipinski definition) is 2. The predicted octanol–water partition coefficient (Wildman–Crippen LogP) is 3.53. The molecule has 1 aromatic carbocycles. The summed E-state index contributed by atoms with van der Waals surface area (Å²) < 4.78 is 15.4. The van der Waals surface area contributed by atoms with E-state index in [0.717, 1.165) is 23.4 Å². The van der Waals surface area contributed by atoms with Gasteiger partial charge in [0.2, 0.25) is 0 Å². The molecular formula is C22H31N4O2S+. The Kier molecular flexibility index (Phi) is 5.48. The van der Waals surface area contributed by atoms with E-state index in [1.165, 1.54) is 38.3 Å². The molecule has 2 unspecified atom stereocenters. The lowest BCUT2D eigenvalue weighted by Gasteiger charge is -2.26. The quantitative estimate of drug-likeness (QED) is 0.802. The molecular weight excluding hydrogens is 384 g/mol. The minimum atomic E-state index is -1.39. The van der Waals surface area contributed by atoms with Crippen LogP contribution >= 0.6 is 0 Å². The lowest BCUT2D eigenvalue weighted by atomic mass is 9.88. The molecule has 2 N–H and O–H groups in total. The van der Waals surface area contributed by atoms with Crippen LogP contribution in [0.25, 0.3) is 11.0 Å². The highest BCUT2D eigenvalue weighted by Gasteiger charge is 2.28. The van der Waals surface area contributed by atoms with Crippen LogP contribution in [0.15, 0.2) is 38.8 Å². The lowest BCUT2D eigenvalue weighted by Crippen LogP contribution is -3.01. The second-order valence-corrected chi connectivity index (χ2v) is 10.7. The molecule has 0 bridgehead atoms. The maximum atomic E-state index is 13.1. The Morgan fingerprint density at radius 1 is 1.24 bits per heavy atom. The molecule has 0 saturated heterocycles. The predicted molar refractivity (Wildman–Crippen MR) is 115 cm³/mol. The minimum absolute atomic E-state index is 0.0544. The summed E-state index contributed by atoms with van der Waals surface area (Å²) in [4.78, 5) is 6.22. The number of allylic oxidation sites excluding steroid dienone is 2. The summed E-state index contributed by atoms with van der Waals surface area (Å²) in [7, 11) is -1.39. The van der Waals surface area contributed by atoms with Crippen LogP contribution in [0.3, 0.4) is 0 Å². The molecule has 2 heterocycles. The van der Waals surface area contributed by atoms with Gasteiger partial charge in [0.1, 0.15) is 16.9 Å². The van der Waals surface area contributed by atoms with Crippen LogP contribution in [0.4, 0.5) is 0 Å². The van der Waals surface area contributed by atoms with Gasteiger partial charge in [0.15, 0.2) is 5.70 Å². The summed E-state index contributed by atoms with van der Waals surface area (Å²) in [6.07, 6.45) is 8.08. The van der Waals surface area contributed by atoms with Gasteiger partial charge < -0.3 is 4.57 Å². The van der Waals surface area contributed by atoms with Crippen LogP contribution in [0.2, 0.25) is 0 Å². The first kappa shape index (κ1) is 20.4. The fourth-order valence-electron chi connectivity index (χ4n) is 4.35. The molecule has 1 fully saturated rings. The molecule has 2 atom stereocenters. The van der Waals surface area contributed by atoms with Gasteiger partial charge in [-0.3, -0.25) is 0 Å². The van der Waals surface area contributed by atoms with Gasteiger partial charge in [0.05, 0.1) is 21.8 Å². The number of fused-ring (bicyclic) bond motifs is 1. The Morgan fingerprint density at radius 2 is 1.97 bits per heavy atom. The molecule has 2 aromatic rings. The van der Waals surface area contributed by atoms with Gasteiger partial charge in [0, 0.05) is 23.8 Å². The lowest BCUT2D eigenvalue weighted by molar-refractivity contribution is -1.06. The van der Waals surface area contributed by atoms with E-state index in [-0.39, 0.29) is 10.6 Å². The number of nitrogens with one attached hydrogen (secondary N) is 1. The summed E-state index contributed by atoms with van der Waals surface area (Å²) in [5.41, 5.74) is 2.51. The number of imidazole rings is 1. The Morgan fingerprint density at radius 3 is 2.59 bits per heavy atom. The zero-order chi connectivity index (χ0) is 20.8. The molecule has 7 heteroatoms. The number of aromatic nitrogens is 2. The third-order valence-electron chi connectivity index (χ3n) is 5.98. The number of benzene rings is 1. The van der Waals surface area contributed by atoms with Gasteiger partial charge in [-0.15, -0.1) is 0 Å². The Labute approximate surface area is 174 Å². The second kappa shape index (κ2) is 7.78. The van der Waals surface area contributed by atoms with Gasteiger partial charge in [-0.05, 0) is 47.2 Å². The Bertz CT molecular complexity index is 1010. The maximum Gasteiger partial charge on any atom is 0.182 e. The van der Waals surface area contributed by atoms with Crippen molar-refractivity contribution in [2.24, 2.45) is 11.0 Å². The van der Waals surface area contributed by atoms with Crippen molar-refractivity contribution in [3.63, 3.8) is 0 Å². The highest BCUT2D eigenvalue weighted by Crippen LogP contribution is 2.32. The topological polar surface area (TPSA) is 71.9 Å². The first-order valence-corrected chi connectivity index (χ1v) is 11.6. The van der Waals surface area contributed by atoms with Crippen LogP contribution in [-0.4, -0.2) is 25.2 Å². The number of nitrogens with zero attached hydrogens (tertiary/aromatic N) is 3. The zero-order valence-electron chi connectivity index (χ0n) is 17.7. The van der Waals surface area contributed by atoms with E-state index in [2.05, 4.69) is 36.5 Å². The molecule has 1 saturated carbocycles. The normalized spacial score (nSPS) is 22.0. The molecule has 1 aliphatic carbocycles. The third-order valence-corrected chi connectivity index (χ3v) is 7.47. The standard InChI is InChI=1S/C22H30N4O2S/c1-15-20(13-23-26(15)27)29(28)17-10-11-19-18(12-17)24-21(22(2,3)4)25(19)14-16-8-6-5-7-9-16/h10-13,16,27H,5-9,14H2,1-4H3/p+1. The van der Waals surface area contributed by atoms with Crippen molar-refractivity contribution in [2.45, 2.75) is 76.7 Å². The molecule has 0 amide bonds. The fourth-order valence-corrected chi connectivity index (χ4v) is 5.53. The first-order chi connectivity index (χ1) is 13.8. The summed E-state index contributed by atoms with van der Waals surface area (Å²) in [5.74, 6) is 1.79. The van der Waals surface area contributed by atoms with Crippen LogP contribution in [0, 0.1) is 5.92 Å². The minimum Gasteiger partial charge on any atom is -0.327 e. The van der Waals surface area contributed by atoms with E-state index in [1.54, 1.807) is 6.92 Å². The fraction of sp³-hybridized carbons (Fsp3) is 0.545. The van der Waals surface area contributed by atoms with Crippen LogP contribution in [0.1, 0.15) is 65.6 Å². The second-order valence-electron chi connectivity index (χ2n) is 9.29. The van der Waals surface area contributed by atoms with E-state index < -0.39 is 10.8 Å². The Hall–Kier alpha value is -1.83. The van der Waals surface area contributed by atoms with E-state index in [0.29, 0.717) is 21.4 Å². The molecule has 1 aromatic heterocycles. The van der Waals surface area contributed by atoms with Crippen LogP contribution < -0.4 is 5.17 Å². The van der Waals surface area contributed by atoms with Gasteiger partial charge >= 0.3 is 0 Å². The van der Waals surface area contributed by atoms with Crippen molar-refractivity contribution in [3.05, 3.63) is 34.6 Å². The van der Waals surface area contributed by atoms with Crippen LogP contribution in [-0.2, 0) is 22.8 Å². The molecule has 6 nitrogen and oxygen atoms in total. The van der Waals surface area contributed by atoms with Crippen molar-refractivity contribution in [3.8, 4) is 0 Å². The molecule has 29 heavy (non-hydrogen) atoms. The summed E-state index contributed by atoms with van der Waals surface area (Å²) in [5, 5.41) is 13.6. The summed E-state index contributed by atoms with van der Waals surface area (Å²) >= 11 is 0. The molecule has 1 aliphatic heterocycles. The number of hydrogen-bond acceptors (Lipinski definition) is 4. The highest BCUT2D eigenvalue weighted by molar-refractivity contribution is 7.90. The zero-order valence-corrected chi connectivity index (χ0v) is 18.6. The first-order valence-electron chi connectivity index (χ1n) is 10.5. The van der Waals surface area contributed by atoms with Crippen molar-refractivity contribution >= 4 is 28.0 Å². The third kappa shape index (κ3) is 3.96. The van der Waals surface area contributed by atoms with Crippen molar-refractivity contribution in [2.75, 3.05) is 0 Å². The number of hydroxylamine groups is 1. The van der Waals surface area contributed by atoms with Gasteiger partial charge in [-0.1, -0.05) is 40.0 Å². The Balaban J connectivity index is 1.74. The van der Waals surface area contributed by atoms with E-state index >= 15 is 0 Å². The van der Waals surface area contributed by atoms with Crippen molar-refractivity contribution in [1.82, 2.24) is 9.55 Å². The number of quaternary nitrogens is 1. The largest absolute Gasteiger partial charge is 0.327 e. The van der Waals surface area contributed by atoms with Crippen molar-refractivity contribution < 1.29 is 14.6 Å². The summed E-state index contributed by atoms with van der Waals surface area (Å²) in [6.45, 7) is 9.35. The monoisotopic (exact) mass is 415 g/mol. The molecule has 0 radical (unpaired) electrons. The average Bonchev–Trinajstić information content (AvgIpc) is 3.22. The molecule has 0 spiro atoms. The van der Waals surface area contributed by atoms with E-state index in [1.807, 2.05) is 12.1 Å². The van der Waals surface area contributed by atoms with Crippen molar-refractivity contribution in [1.29, 1.82) is 0 Å². The van der Waals surface area contributed by atoms with Gasteiger partial charge in [-0.2, -0.15) is 5.21 Å².